The summed E-state index contributed by atoms with van der Waals surface area (Å²) in [5.41, 5.74) is 7.25. The summed E-state index contributed by atoms with van der Waals surface area (Å²) < 4.78 is 0. The van der Waals surface area contributed by atoms with Gasteiger partial charge in [0.25, 0.3) is 0 Å². The van der Waals surface area contributed by atoms with Gasteiger partial charge in [-0.25, -0.2) is 0 Å². The van der Waals surface area contributed by atoms with Crippen LogP contribution in [-0.2, 0) is 5.41 Å². The molecule has 2 aromatic carbocycles. The maximum atomic E-state index is 3.64. The second-order valence-corrected chi connectivity index (χ2v) is 7.62. The first-order valence-corrected chi connectivity index (χ1v) is 9.45. The van der Waals surface area contributed by atoms with Crippen molar-refractivity contribution in [2.24, 2.45) is 5.92 Å². The van der Waals surface area contributed by atoms with E-state index in [4.69, 9.17) is 0 Å². The first-order valence-electron chi connectivity index (χ1n) is 9.45. The lowest BCUT2D eigenvalue weighted by atomic mass is 9.84. The van der Waals surface area contributed by atoms with Crippen molar-refractivity contribution < 1.29 is 0 Å². The molecule has 128 valence electrons. The van der Waals surface area contributed by atoms with Crippen LogP contribution >= 0.6 is 0 Å². The zero-order valence-electron chi connectivity index (χ0n) is 15.4. The number of benzene rings is 2. The molecule has 0 saturated heterocycles. The van der Waals surface area contributed by atoms with Crippen LogP contribution in [0.15, 0.2) is 66.9 Å². The van der Waals surface area contributed by atoms with Crippen molar-refractivity contribution in [3.05, 3.63) is 89.1 Å². The number of nitrogens with one attached hydrogen (secondary N) is 1. The molecule has 1 saturated carbocycles. The van der Waals surface area contributed by atoms with E-state index < -0.39 is 0 Å². The van der Waals surface area contributed by atoms with Gasteiger partial charge in [-0.2, -0.15) is 0 Å². The summed E-state index contributed by atoms with van der Waals surface area (Å²) in [7, 11) is 0. The minimum atomic E-state index is 0.264. The molecule has 3 atom stereocenters. The minimum absolute atomic E-state index is 0.264. The molecule has 0 amide bonds. The molecule has 0 bridgehead atoms. The topological polar surface area (TPSA) is 12.0 Å². The Labute approximate surface area is 151 Å². The number of hydrogen-bond donors (Lipinski definition) is 1. The Morgan fingerprint density at radius 3 is 2.44 bits per heavy atom. The fourth-order valence-electron chi connectivity index (χ4n) is 4.51. The second kappa shape index (κ2) is 6.22. The van der Waals surface area contributed by atoms with Gasteiger partial charge in [0.15, 0.2) is 0 Å². The Hall–Kier alpha value is -2.28. The lowest BCUT2D eigenvalue weighted by Crippen LogP contribution is -2.21. The molecule has 1 heterocycles. The molecule has 1 nitrogen and oxygen atoms in total. The van der Waals surface area contributed by atoms with Crippen LogP contribution in [0.3, 0.4) is 0 Å². The second-order valence-electron chi connectivity index (χ2n) is 7.62. The zero-order chi connectivity index (χ0) is 17.4. The minimum Gasteiger partial charge on any atom is -0.380 e. The molecule has 0 radical (unpaired) electrons. The summed E-state index contributed by atoms with van der Waals surface area (Å²) in [6, 6.07) is 17.8. The molecule has 0 spiro atoms. The molecule has 0 aromatic heterocycles. The number of dihydropyridines is 1. The van der Waals surface area contributed by atoms with Crippen LogP contribution in [0.1, 0.15) is 55.0 Å². The highest BCUT2D eigenvalue weighted by Crippen LogP contribution is 2.57. The van der Waals surface area contributed by atoms with E-state index >= 15 is 0 Å². The average molecular weight is 329 g/mol. The van der Waals surface area contributed by atoms with Crippen molar-refractivity contribution in [1.82, 2.24) is 5.32 Å². The first kappa shape index (κ1) is 16.2. The van der Waals surface area contributed by atoms with Crippen molar-refractivity contribution in [2.45, 2.75) is 45.1 Å². The maximum absolute atomic E-state index is 3.64. The molecule has 2 aliphatic rings. The smallest absolute Gasteiger partial charge is 0.0699 e. The summed E-state index contributed by atoms with van der Waals surface area (Å²) in [4.78, 5) is 0. The lowest BCUT2D eigenvalue weighted by molar-refractivity contribution is 0.590. The number of allylic oxidation sites excluding steroid dienone is 2. The van der Waals surface area contributed by atoms with Crippen LogP contribution in [0.4, 0.5) is 0 Å². The normalized spacial score (nSPS) is 27.6. The fraction of sp³-hybridized carbons (Fsp3) is 0.333. The van der Waals surface area contributed by atoms with Gasteiger partial charge in [-0.3, -0.25) is 0 Å². The van der Waals surface area contributed by atoms with E-state index in [1.807, 2.05) is 0 Å². The summed E-state index contributed by atoms with van der Waals surface area (Å²) in [6.07, 6.45) is 9.32. The third kappa shape index (κ3) is 2.72. The molecule has 2 aromatic rings. The Morgan fingerprint density at radius 1 is 1.08 bits per heavy atom. The van der Waals surface area contributed by atoms with E-state index in [9.17, 15) is 0 Å². The molecule has 1 N–H and O–H groups in total. The van der Waals surface area contributed by atoms with Gasteiger partial charge in [-0.15, -0.1) is 0 Å². The van der Waals surface area contributed by atoms with Crippen LogP contribution in [0, 0.1) is 12.8 Å². The Balaban J connectivity index is 1.63. The molecule has 1 aliphatic carbocycles. The van der Waals surface area contributed by atoms with Crippen LogP contribution in [0.2, 0.25) is 0 Å². The van der Waals surface area contributed by atoms with E-state index in [2.05, 4.69) is 93.0 Å². The average Bonchev–Trinajstić information content (AvgIpc) is 3.34. The van der Waals surface area contributed by atoms with Gasteiger partial charge in [-0.05, 0) is 58.9 Å². The van der Waals surface area contributed by atoms with Gasteiger partial charge in [-0.1, -0.05) is 74.5 Å². The highest BCUT2D eigenvalue weighted by atomic mass is 14.9. The molecule has 3 unspecified atom stereocenters. The van der Waals surface area contributed by atoms with Crippen LogP contribution < -0.4 is 5.32 Å². The van der Waals surface area contributed by atoms with E-state index in [1.165, 1.54) is 35.1 Å². The van der Waals surface area contributed by atoms with Crippen LogP contribution in [0.25, 0.3) is 5.57 Å². The van der Waals surface area contributed by atoms with Crippen molar-refractivity contribution in [2.75, 3.05) is 0 Å². The predicted octanol–water partition coefficient (Wildman–Crippen LogP) is 5.92. The third-order valence-corrected chi connectivity index (χ3v) is 6.26. The van der Waals surface area contributed by atoms with Gasteiger partial charge in [0.2, 0.25) is 0 Å². The predicted molar refractivity (Wildman–Crippen MR) is 106 cm³/mol. The summed E-state index contributed by atoms with van der Waals surface area (Å²) in [5.74, 6) is 0.796. The molecule has 1 heteroatoms. The molecule has 1 fully saturated rings. The van der Waals surface area contributed by atoms with Gasteiger partial charge in [0, 0.05) is 6.20 Å². The molecular formula is C24H27N. The van der Waals surface area contributed by atoms with Crippen molar-refractivity contribution in [3.8, 4) is 0 Å². The number of rotatable bonds is 4. The fourth-order valence-corrected chi connectivity index (χ4v) is 4.51. The standard InChI is InChI=1S/C24H27N/c1-4-24(15-18(24)3)22-12-8-7-11-21(22)23-14-13-19(16-25-23)20-10-6-5-9-17(20)2/h5-14,16,18,23,25H,4,15H2,1-3H3. The summed E-state index contributed by atoms with van der Waals surface area (Å²) in [6.45, 7) is 6.89. The van der Waals surface area contributed by atoms with Crippen molar-refractivity contribution in [3.63, 3.8) is 0 Å². The lowest BCUT2D eigenvalue weighted by Gasteiger charge is -2.26. The third-order valence-electron chi connectivity index (χ3n) is 6.26. The Morgan fingerprint density at radius 2 is 1.80 bits per heavy atom. The monoisotopic (exact) mass is 329 g/mol. The summed E-state index contributed by atoms with van der Waals surface area (Å²) >= 11 is 0. The van der Waals surface area contributed by atoms with E-state index in [0.717, 1.165) is 5.92 Å². The Kier molecular flexibility index (Phi) is 4.03. The number of hydrogen-bond acceptors (Lipinski definition) is 1. The molecule has 1 aliphatic heterocycles. The van der Waals surface area contributed by atoms with Crippen molar-refractivity contribution in [1.29, 1.82) is 0 Å². The van der Waals surface area contributed by atoms with Gasteiger partial charge in [0.1, 0.15) is 0 Å². The zero-order valence-corrected chi connectivity index (χ0v) is 15.4. The number of aryl methyl sites for hydroxylation is 1. The molecular weight excluding hydrogens is 302 g/mol. The van der Waals surface area contributed by atoms with E-state index in [-0.39, 0.29) is 6.04 Å². The highest BCUT2D eigenvalue weighted by molar-refractivity contribution is 5.76. The van der Waals surface area contributed by atoms with Gasteiger partial charge < -0.3 is 5.32 Å². The van der Waals surface area contributed by atoms with Crippen molar-refractivity contribution >= 4 is 5.57 Å². The molecule has 4 rings (SSSR count). The van der Waals surface area contributed by atoms with Gasteiger partial charge in [0.05, 0.1) is 6.04 Å². The van der Waals surface area contributed by atoms with E-state index in [0.29, 0.717) is 5.41 Å². The van der Waals surface area contributed by atoms with E-state index in [1.54, 1.807) is 5.56 Å². The molecule has 25 heavy (non-hydrogen) atoms. The van der Waals surface area contributed by atoms with Gasteiger partial charge >= 0.3 is 0 Å². The highest BCUT2D eigenvalue weighted by Gasteiger charge is 2.51. The largest absolute Gasteiger partial charge is 0.380 e. The Bertz CT molecular complexity index is 841. The summed E-state index contributed by atoms with van der Waals surface area (Å²) in [5, 5.41) is 3.64. The quantitative estimate of drug-likeness (QED) is 0.733. The first-order chi connectivity index (χ1) is 12.2. The van der Waals surface area contributed by atoms with Crippen LogP contribution in [-0.4, -0.2) is 0 Å². The SMILES string of the molecule is CCC1(c2ccccc2C2C=CC(c3ccccc3C)=CN2)CC1C. The maximum Gasteiger partial charge on any atom is 0.0699 e. The van der Waals surface area contributed by atoms with Crippen LogP contribution in [0.5, 0.6) is 0 Å².